The molecule has 3 aromatic rings. The highest BCUT2D eigenvalue weighted by Crippen LogP contribution is 2.36. The van der Waals surface area contributed by atoms with Gasteiger partial charge in [-0.1, -0.05) is 60.7 Å². The van der Waals surface area contributed by atoms with Crippen molar-refractivity contribution in [1.29, 1.82) is 0 Å². The Morgan fingerprint density at radius 3 is 2.33 bits per heavy atom. The number of carbonyl (C=O) groups excluding carboxylic acids is 1. The molecule has 1 saturated heterocycles. The van der Waals surface area contributed by atoms with Crippen LogP contribution in [0.1, 0.15) is 46.8 Å². The highest BCUT2D eigenvalue weighted by Gasteiger charge is 2.37. The Balaban J connectivity index is 1.60. The molecule has 0 spiro atoms. The van der Waals surface area contributed by atoms with Crippen LogP contribution >= 0.6 is 0 Å². The van der Waals surface area contributed by atoms with Crippen molar-refractivity contribution in [3.8, 4) is 0 Å². The van der Waals surface area contributed by atoms with Crippen molar-refractivity contribution < 1.29 is 9.18 Å². The van der Waals surface area contributed by atoms with Crippen LogP contribution in [0.4, 0.5) is 4.39 Å². The van der Waals surface area contributed by atoms with Crippen molar-refractivity contribution in [3.63, 3.8) is 0 Å². The SMILES string of the molecule is Cc1ccccc1C1CN(Cc2ccccc2F)CC1CN(C(=O)c1ccccc1)C(C)C. The highest BCUT2D eigenvalue weighted by atomic mass is 19.1. The smallest absolute Gasteiger partial charge is 0.254 e. The van der Waals surface area contributed by atoms with Gasteiger partial charge in [0.1, 0.15) is 5.82 Å². The first-order valence-electron chi connectivity index (χ1n) is 11.8. The lowest BCUT2D eigenvalue weighted by molar-refractivity contribution is 0.0668. The lowest BCUT2D eigenvalue weighted by Crippen LogP contribution is -2.42. The molecule has 4 rings (SSSR count). The van der Waals surface area contributed by atoms with Gasteiger partial charge in [0, 0.05) is 49.3 Å². The van der Waals surface area contributed by atoms with Gasteiger partial charge in [0.15, 0.2) is 0 Å². The maximum atomic E-state index is 14.4. The molecule has 3 nitrogen and oxygen atoms in total. The molecule has 1 amide bonds. The second-order valence-electron chi connectivity index (χ2n) is 9.43. The predicted octanol–water partition coefficient (Wildman–Crippen LogP) is 5.90. The van der Waals surface area contributed by atoms with Crippen LogP contribution in [0.25, 0.3) is 0 Å². The lowest BCUT2D eigenvalue weighted by Gasteiger charge is -2.32. The quantitative estimate of drug-likeness (QED) is 0.453. The van der Waals surface area contributed by atoms with E-state index in [1.54, 1.807) is 6.07 Å². The molecule has 1 aliphatic rings. The van der Waals surface area contributed by atoms with Crippen LogP contribution in [-0.2, 0) is 6.54 Å². The number of carbonyl (C=O) groups is 1. The molecular formula is C29H33FN2O. The molecule has 3 aromatic carbocycles. The van der Waals surface area contributed by atoms with Gasteiger partial charge in [-0.2, -0.15) is 0 Å². The Hall–Kier alpha value is -2.98. The summed E-state index contributed by atoms with van der Waals surface area (Å²) in [7, 11) is 0. The fourth-order valence-corrected chi connectivity index (χ4v) is 5.02. The van der Waals surface area contributed by atoms with Crippen LogP contribution in [0.15, 0.2) is 78.9 Å². The largest absolute Gasteiger partial charge is 0.336 e. The number of rotatable bonds is 7. The van der Waals surface area contributed by atoms with Gasteiger partial charge in [0.2, 0.25) is 0 Å². The molecule has 0 N–H and O–H groups in total. The molecule has 0 aliphatic carbocycles. The van der Waals surface area contributed by atoms with Crippen LogP contribution in [0, 0.1) is 18.7 Å². The zero-order valence-electron chi connectivity index (χ0n) is 19.7. The average Bonchev–Trinajstić information content (AvgIpc) is 3.21. The summed E-state index contributed by atoms with van der Waals surface area (Å²) in [6.07, 6.45) is 0. The first-order valence-corrected chi connectivity index (χ1v) is 11.8. The van der Waals surface area contributed by atoms with E-state index in [4.69, 9.17) is 0 Å². The maximum Gasteiger partial charge on any atom is 0.254 e. The number of aryl methyl sites for hydroxylation is 1. The summed E-state index contributed by atoms with van der Waals surface area (Å²) in [6, 6.07) is 25.2. The number of benzene rings is 3. The van der Waals surface area contributed by atoms with Crippen molar-refractivity contribution in [3.05, 3.63) is 107 Å². The molecule has 2 unspecified atom stereocenters. The van der Waals surface area contributed by atoms with E-state index in [1.807, 2.05) is 47.4 Å². The van der Waals surface area contributed by atoms with Gasteiger partial charge in [-0.3, -0.25) is 9.69 Å². The first kappa shape index (κ1) is 23.2. The zero-order chi connectivity index (χ0) is 23.4. The summed E-state index contributed by atoms with van der Waals surface area (Å²) in [5.41, 5.74) is 4.04. The molecular weight excluding hydrogens is 411 g/mol. The summed E-state index contributed by atoms with van der Waals surface area (Å²) in [5, 5.41) is 0. The van der Waals surface area contributed by atoms with Crippen molar-refractivity contribution in [1.82, 2.24) is 9.80 Å². The van der Waals surface area contributed by atoms with E-state index in [1.165, 1.54) is 17.2 Å². The van der Waals surface area contributed by atoms with Crippen molar-refractivity contribution in [2.75, 3.05) is 19.6 Å². The normalized spacial score (nSPS) is 18.6. The van der Waals surface area contributed by atoms with Crippen molar-refractivity contribution >= 4 is 5.91 Å². The van der Waals surface area contributed by atoms with Crippen molar-refractivity contribution in [2.45, 2.75) is 39.3 Å². The molecule has 4 heteroatoms. The standard InChI is InChI=1S/C29H33FN2O/c1-21(2)32(29(33)23-12-5-4-6-13-23)19-25-18-31(17-24-14-8-10-16-28(24)30)20-27(25)26-15-9-7-11-22(26)3/h4-16,21,25,27H,17-20H2,1-3H3. The minimum atomic E-state index is -0.156. The van der Waals surface area contributed by atoms with Gasteiger partial charge < -0.3 is 4.90 Å². The Kier molecular flexibility index (Phi) is 7.24. The molecule has 0 aromatic heterocycles. The summed E-state index contributed by atoms with van der Waals surface area (Å²) >= 11 is 0. The average molecular weight is 445 g/mol. The predicted molar refractivity (Wildman–Crippen MR) is 132 cm³/mol. The summed E-state index contributed by atoms with van der Waals surface area (Å²) in [6.45, 7) is 9.26. The first-order chi connectivity index (χ1) is 15.9. The number of halogens is 1. The van der Waals surface area contributed by atoms with Gasteiger partial charge in [0.05, 0.1) is 0 Å². The molecule has 1 heterocycles. The van der Waals surface area contributed by atoms with Gasteiger partial charge >= 0.3 is 0 Å². The number of hydrogen-bond donors (Lipinski definition) is 0. The summed E-state index contributed by atoms with van der Waals surface area (Å²) in [4.78, 5) is 17.7. The van der Waals surface area contributed by atoms with E-state index < -0.39 is 0 Å². The monoisotopic (exact) mass is 444 g/mol. The fourth-order valence-electron chi connectivity index (χ4n) is 5.02. The molecule has 2 atom stereocenters. The summed E-state index contributed by atoms with van der Waals surface area (Å²) < 4.78 is 14.4. The van der Waals surface area contributed by atoms with Gasteiger partial charge in [-0.15, -0.1) is 0 Å². The minimum absolute atomic E-state index is 0.0710. The molecule has 0 bridgehead atoms. The second kappa shape index (κ2) is 10.3. The zero-order valence-corrected chi connectivity index (χ0v) is 19.7. The Labute approximate surface area is 196 Å². The van der Waals surface area contributed by atoms with Gasteiger partial charge in [0.25, 0.3) is 5.91 Å². The molecule has 172 valence electrons. The second-order valence-corrected chi connectivity index (χ2v) is 9.43. The Bertz CT molecular complexity index is 1080. The molecule has 0 saturated carbocycles. The van der Waals surface area contributed by atoms with E-state index in [0.29, 0.717) is 19.0 Å². The van der Waals surface area contributed by atoms with Crippen LogP contribution in [0.3, 0.4) is 0 Å². The number of hydrogen-bond acceptors (Lipinski definition) is 2. The number of nitrogens with zero attached hydrogens (tertiary/aromatic N) is 2. The maximum absolute atomic E-state index is 14.4. The third-order valence-corrected chi connectivity index (χ3v) is 6.79. The van der Waals surface area contributed by atoms with Crippen LogP contribution in [-0.4, -0.2) is 41.4 Å². The molecule has 33 heavy (non-hydrogen) atoms. The van der Waals surface area contributed by atoms with E-state index in [9.17, 15) is 9.18 Å². The highest BCUT2D eigenvalue weighted by molar-refractivity contribution is 5.94. The minimum Gasteiger partial charge on any atom is -0.336 e. The lowest BCUT2D eigenvalue weighted by atomic mass is 9.86. The molecule has 1 aliphatic heterocycles. The Morgan fingerprint density at radius 1 is 0.970 bits per heavy atom. The van der Waals surface area contributed by atoms with Crippen LogP contribution in [0.5, 0.6) is 0 Å². The van der Waals surface area contributed by atoms with E-state index in [-0.39, 0.29) is 23.7 Å². The van der Waals surface area contributed by atoms with Gasteiger partial charge in [-0.05, 0) is 56.0 Å². The van der Waals surface area contributed by atoms with Crippen LogP contribution in [0.2, 0.25) is 0 Å². The fraction of sp³-hybridized carbons (Fsp3) is 0.345. The number of likely N-dealkylation sites (tertiary alicyclic amines) is 1. The van der Waals surface area contributed by atoms with Gasteiger partial charge in [-0.25, -0.2) is 4.39 Å². The van der Waals surface area contributed by atoms with E-state index in [0.717, 1.165) is 24.2 Å². The molecule has 1 fully saturated rings. The third kappa shape index (κ3) is 5.33. The van der Waals surface area contributed by atoms with E-state index in [2.05, 4.69) is 49.9 Å². The Morgan fingerprint density at radius 2 is 1.64 bits per heavy atom. The van der Waals surface area contributed by atoms with E-state index >= 15 is 0 Å². The molecule has 0 radical (unpaired) electrons. The number of amides is 1. The topological polar surface area (TPSA) is 23.6 Å². The van der Waals surface area contributed by atoms with Crippen LogP contribution < -0.4 is 0 Å². The summed E-state index contributed by atoms with van der Waals surface area (Å²) in [5.74, 6) is 0.480. The third-order valence-electron chi connectivity index (χ3n) is 6.79. The van der Waals surface area contributed by atoms with Crippen molar-refractivity contribution in [2.24, 2.45) is 5.92 Å².